The second-order valence-electron chi connectivity index (χ2n) is 6.26. The Balaban J connectivity index is 1.60. The number of para-hydroxylation sites is 2. The lowest BCUT2D eigenvalue weighted by Gasteiger charge is -2.05. The minimum Gasteiger partial charge on any atom is -0.397 e. The van der Waals surface area contributed by atoms with Crippen molar-refractivity contribution in [1.29, 1.82) is 0 Å². The fourth-order valence-corrected chi connectivity index (χ4v) is 3.12. The van der Waals surface area contributed by atoms with Crippen LogP contribution in [0, 0.1) is 0 Å². The van der Waals surface area contributed by atoms with Gasteiger partial charge < -0.3 is 21.4 Å². The molecule has 26 heavy (non-hydrogen) atoms. The Morgan fingerprint density at radius 2 is 1.27 bits per heavy atom. The maximum Gasteiger partial charge on any atom is 0.174 e. The summed E-state index contributed by atoms with van der Waals surface area (Å²) in [6.45, 7) is 0. The summed E-state index contributed by atoms with van der Waals surface area (Å²) in [6, 6.07) is 19.7. The molecule has 0 radical (unpaired) electrons. The minimum atomic E-state index is 0.579. The third kappa shape index (κ3) is 2.28. The average molecular weight is 340 g/mol. The van der Waals surface area contributed by atoms with E-state index in [1.165, 1.54) is 0 Å². The number of aromatic amines is 2. The standard InChI is InChI=1S/C20H16N6/c21-13-7-5-11(9-14(13)22)12-6-8-17-18(10-12)26-20(25-17)19-23-15-3-1-2-4-16(15)24-19/h1-10H,21-22H2,(H,23,24)(H,25,26). The molecule has 0 saturated heterocycles. The van der Waals surface area contributed by atoms with Crippen LogP contribution >= 0.6 is 0 Å². The van der Waals surface area contributed by atoms with Crippen molar-refractivity contribution >= 4 is 33.4 Å². The fraction of sp³-hybridized carbons (Fsp3) is 0. The number of imidazole rings is 2. The van der Waals surface area contributed by atoms with Gasteiger partial charge in [-0.05, 0) is 47.5 Å². The molecule has 5 aromatic rings. The predicted molar refractivity (Wildman–Crippen MR) is 105 cm³/mol. The smallest absolute Gasteiger partial charge is 0.174 e. The summed E-state index contributed by atoms with van der Waals surface area (Å²) in [5, 5.41) is 0. The van der Waals surface area contributed by atoms with Crippen LogP contribution in [0.15, 0.2) is 60.7 Å². The van der Waals surface area contributed by atoms with Crippen LogP contribution in [0.3, 0.4) is 0 Å². The van der Waals surface area contributed by atoms with Gasteiger partial charge in [-0.1, -0.05) is 24.3 Å². The van der Waals surface area contributed by atoms with E-state index in [1.54, 1.807) is 0 Å². The molecule has 6 heteroatoms. The number of rotatable bonds is 2. The van der Waals surface area contributed by atoms with Crippen LogP contribution in [0.25, 0.3) is 44.8 Å². The summed E-state index contributed by atoms with van der Waals surface area (Å²) < 4.78 is 0. The van der Waals surface area contributed by atoms with Crippen LogP contribution < -0.4 is 11.5 Å². The molecule has 0 unspecified atom stereocenters. The van der Waals surface area contributed by atoms with Gasteiger partial charge in [0.2, 0.25) is 0 Å². The molecule has 6 nitrogen and oxygen atoms in total. The van der Waals surface area contributed by atoms with Crippen molar-refractivity contribution in [3.63, 3.8) is 0 Å². The lowest BCUT2D eigenvalue weighted by molar-refractivity contribution is 1.22. The number of anilines is 2. The number of benzene rings is 3. The van der Waals surface area contributed by atoms with E-state index in [1.807, 2.05) is 54.6 Å². The highest BCUT2D eigenvalue weighted by atomic mass is 15.0. The van der Waals surface area contributed by atoms with E-state index in [2.05, 4.69) is 26.0 Å². The summed E-state index contributed by atoms with van der Waals surface area (Å²) in [5.74, 6) is 1.44. The fourth-order valence-electron chi connectivity index (χ4n) is 3.12. The van der Waals surface area contributed by atoms with E-state index in [-0.39, 0.29) is 0 Å². The first-order chi connectivity index (χ1) is 12.7. The van der Waals surface area contributed by atoms with Gasteiger partial charge >= 0.3 is 0 Å². The molecular weight excluding hydrogens is 324 g/mol. The summed E-state index contributed by atoms with van der Waals surface area (Å²) in [5.41, 5.74) is 18.7. The van der Waals surface area contributed by atoms with Crippen LogP contribution in [0.2, 0.25) is 0 Å². The van der Waals surface area contributed by atoms with Gasteiger partial charge in [-0.2, -0.15) is 0 Å². The van der Waals surface area contributed by atoms with E-state index >= 15 is 0 Å². The number of aromatic nitrogens is 4. The van der Waals surface area contributed by atoms with Gasteiger partial charge in [0.1, 0.15) is 0 Å². The maximum atomic E-state index is 5.93. The molecule has 0 saturated carbocycles. The van der Waals surface area contributed by atoms with Crippen LogP contribution in [0.5, 0.6) is 0 Å². The van der Waals surface area contributed by atoms with Crippen LogP contribution in [-0.4, -0.2) is 19.9 Å². The van der Waals surface area contributed by atoms with Crippen LogP contribution in [0.1, 0.15) is 0 Å². The lowest BCUT2D eigenvalue weighted by Crippen LogP contribution is -1.94. The van der Waals surface area contributed by atoms with Crippen molar-refractivity contribution < 1.29 is 0 Å². The molecule has 6 N–H and O–H groups in total. The van der Waals surface area contributed by atoms with E-state index in [0.29, 0.717) is 17.2 Å². The van der Waals surface area contributed by atoms with Gasteiger partial charge in [-0.25, -0.2) is 9.97 Å². The third-order valence-electron chi connectivity index (χ3n) is 4.52. The zero-order valence-corrected chi connectivity index (χ0v) is 13.8. The van der Waals surface area contributed by atoms with Gasteiger partial charge in [0, 0.05) is 0 Å². The Morgan fingerprint density at radius 3 is 2.04 bits per heavy atom. The first-order valence-corrected chi connectivity index (χ1v) is 8.28. The number of hydrogen-bond acceptors (Lipinski definition) is 4. The van der Waals surface area contributed by atoms with Crippen LogP contribution in [-0.2, 0) is 0 Å². The zero-order valence-electron chi connectivity index (χ0n) is 13.8. The molecule has 0 atom stereocenters. The quantitative estimate of drug-likeness (QED) is 0.365. The Bertz CT molecular complexity index is 1230. The summed E-state index contributed by atoms with van der Waals surface area (Å²) in [7, 11) is 0. The molecule has 2 heterocycles. The second kappa shape index (κ2) is 5.35. The van der Waals surface area contributed by atoms with Crippen molar-refractivity contribution in [2.45, 2.75) is 0 Å². The molecule has 0 spiro atoms. The van der Waals surface area contributed by atoms with E-state index < -0.39 is 0 Å². The van der Waals surface area contributed by atoms with Crippen molar-refractivity contribution in [1.82, 2.24) is 19.9 Å². The van der Waals surface area contributed by atoms with Crippen LogP contribution in [0.4, 0.5) is 11.4 Å². The highest BCUT2D eigenvalue weighted by Crippen LogP contribution is 2.28. The molecule has 0 amide bonds. The van der Waals surface area contributed by atoms with Crippen molar-refractivity contribution in [3.05, 3.63) is 60.7 Å². The Labute approximate surface area is 148 Å². The van der Waals surface area contributed by atoms with Gasteiger partial charge in [0.15, 0.2) is 11.6 Å². The van der Waals surface area contributed by atoms with E-state index in [9.17, 15) is 0 Å². The maximum absolute atomic E-state index is 5.93. The van der Waals surface area contributed by atoms with E-state index in [4.69, 9.17) is 11.5 Å². The third-order valence-corrected chi connectivity index (χ3v) is 4.52. The van der Waals surface area contributed by atoms with Gasteiger partial charge in [-0.15, -0.1) is 0 Å². The summed E-state index contributed by atoms with van der Waals surface area (Å²) in [6.07, 6.45) is 0. The molecule has 5 rings (SSSR count). The molecule has 3 aromatic carbocycles. The molecule has 0 fully saturated rings. The number of hydrogen-bond donors (Lipinski definition) is 4. The minimum absolute atomic E-state index is 0.579. The number of nitrogens with one attached hydrogen (secondary N) is 2. The average Bonchev–Trinajstić information content (AvgIpc) is 3.26. The number of nitrogens with two attached hydrogens (primary N) is 2. The van der Waals surface area contributed by atoms with Crippen molar-refractivity contribution in [2.24, 2.45) is 0 Å². The van der Waals surface area contributed by atoms with Gasteiger partial charge in [0.25, 0.3) is 0 Å². The summed E-state index contributed by atoms with van der Waals surface area (Å²) >= 11 is 0. The molecule has 126 valence electrons. The summed E-state index contributed by atoms with van der Waals surface area (Å²) in [4.78, 5) is 15.9. The first kappa shape index (κ1) is 14.5. The van der Waals surface area contributed by atoms with Crippen molar-refractivity contribution in [3.8, 4) is 22.8 Å². The Kier molecular flexibility index (Phi) is 2.99. The molecular formula is C20H16N6. The largest absolute Gasteiger partial charge is 0.397 e. The Morgan fingerprint density at radius 1 is 0.615 bits per heavy atom. The second-order valence-corrected chi connectivity index (χ2v) is 6.26. The highest BCUT2D eigenvalue weighted by molar-refractivity contribution is 5.86. The number of nitrogen functional groups attached to an aromatic ring is 2. The first-order valence-electron chi connectivity index (χ1n) is 8.28. The topological polar surface area (TPSA) is 109 Å². The molecule has 0 aliphatic carbocycles. The molecule has 0 bridgehead atoms. The monoisotopic (exact) mass is 340 g/mol. The van der Waals surface area contributed by atoms with Crippen molar-refractivity contribution in [2.75, 3.05) is 11.5 Å². The molecule has 2 aromatic heterocycles. The van der Waals surface area contributed by atoms with Gasteiger partial charge in [0.05, 0.1) is 33.4 Å². The highest BCUT2D eigenvalue weighted by Gasteiger charge is 2.11. The zero-order chi connectivity index (χ0) is 17.7. The number of fused-ring (bicyclic) bond motifs is 2. The number of H-pyrrole nitrogens is 2. The van der Waals surface area contributed by atoms with E-state index in [0.717, 1.165) is 39.0 Å². The molecule has 0 aliphatic heterocycles. The SMILES string of the molecule is Nc1ccc(-c2ccc3nc(-c4nc5ccccc5[nH]4)[nH]c3c2)cc1N. The Hall–Kier alpha value is -3.80. The number of nitrogens with zero attached hydrogens (tertiary/aromatic N) is 2. The predicted octanol–water partition coefficient (Wildman–Crippen LogP) is 3.94. The lowest BCUT2D eigenvalue weighted by atomic mass is 10.0. The normalized spacial score (nSPS) is 11.4. The van der Waals surface area contributed by atoms with Gasteiger partial charge in [-0.3, -0.25) is 0 Å². The molecule has 0 aliphatic rings.